The molecule has 0 atom stereocenters. The van der Waals surface area contributed by atoms with Crippen molar-refractivity contribution >= 4 is 17.5 Å². The fraction of sp³-hybridized carbons (Fsp3) is 0.643. The van der Waals surface area contributed by atoms with Crippen LogP contribution in [0.15, 0.2) is 12.3 Å². The molecule has 106 valence electrons. The number of carbonyl (C=O) groups excluding carboxylic acids is 1. The molecule has 1 heterocycles. The van der Waals surface area contributed by atoms with Gasteiger partial charge in [-0.2, -0.15) is 0 Å². The molecule has 0 radical (unpaired) electrons. The summed E-state index contributed by atoms with van der Waals surface area (Å²) in [5, 5.41) is 9.71. The van der Waals surface area contributed by atoms with E-state index in [1.54, 1.807) is 11.0 Å². The van der Waals surface area contributed by atoms with Crippen LogP contribution in [-0.2, 0) is 0 Å². The Bertz CT molecular complexity index is 441. The van der Waals surface area contributed by atoms with E-state index in [1.165, 1.54) is 0 Å². The van der Waals surface area contributed by atoms with E-state index in [4.69, 9.17) is 16.7 Å². The van der Waals surface area contributed by atoms with Gasteiger partial charge in [0.2, 0.25) is 0 Å². The smallest absolute Gasteiger partial charge is 0.270 e. The highest BCUT2D eigenvalue weighted by Gasteiger charge is 2.29. The van der Waals surface area contributed by atoms with E-state index >= 15 is 0 Å². The molecule has 1 amide bonds. The second kappa shape index (κ2) is 6.44. The molecule has 0 spiro atoms. The van der Waals surface area contributed by atoms with Gasteiger partial charge < -0.3 is 14.6 Å². The van der Waals surface area contributed by atoms with Crippen molar-refractivity contribution in [1.29, 1.82) is 0 Å². The zero-order chi connectivity index (χ0) is 13.8. The van der Waals surface area contributed by atoms with Crippen LogP contribution in [0.25, 0.3) is 0 Å². The van der Waals surface area contributed by atoms with Gasteiger partial charge in [0.25, 0.3) is 5.91 Å². The summed E-state index contributed by atoms with van der Waals surface area (Å²) in [5.74, 6) is -0.0266. The Kier molecular flexibility index (Phi) is 4.88. The molecule has 1 fully saturated rings. The molecular formula is C14H21ClN2O2. The Balaban J connectivity index is 2.15. The maximum atomic E-state index is 12.5. The van der Waals surface area contributed by atoms with Gasteiger partial charge in [0.05, 0.1) is 11.6 Å². The first kappa shape index (κ1) is 14.4. The minimum atomic E-state index is -0.0266. The molecule has 1 aromatic heterocycles. The number of hydrogen-bond acceptors (Lipinski definition) is 2. The van der Waals surface area contributed by atoms with Crippen molar-refractivity contribution in [3.05, 3.63) is 23.0 Å². The van der Waals surface area contributed by atoms with Crippen LogP contribution < -0.4 is 0 Å². The Morgan fingerprint density at radius 1 is 1.53 bits per heavy atom. The molecule has 1 saturated carbocycles. The summed E-state index contributed by atoms with van der Waals surface area (Å²) in [6, 6.07) is 2.16. The van der Waals surface area contributed by atoms with E-state index in [-0.39, 0.29) is 12.5 Å². The van der Waals surface area contributed by atoms with Gasteiger partial charge in [-0.1, -0.05) is 24.9 Å². The number of halogens is 1. The van der Waals surface area contributed by atoms with E-state index in [9.17, 15) is 4.79 Å². The topological polar surface area (TPSA) is 45.5 Å². The van der Waals surface area contributed by atoms with Gasteiger partial charge >= 0.3 is 0 Å². The molecule has 0 aliphatic heterocycles. The molecule has 4 nitrogen and oxygen atoms in total. The molecule has 19 heavy (non-hydrogen) atoms. The fourth-order valence-electron chi connectivity index (χ4n) is 2.22. The third-order valence-corrected chi connectivity index (χ3v) is 3.62. The monoisotopic (exact) mass is 284 g/mol. The predicted molar refractivity (Wildman–Crippen MR) is 75.6 cm³/mol. The van der Waals surface area contributed by atoms with Crippen LogP contribution >= 0.6 is 11.6 Å². The SMILES string of the molecule is CCCCN(CCO)C(=O)c1cc(Cl)cn1C1CC1. The number of amides is 1. The van der Waals surface area contributed by atoms with E-state index in [0.717, 1.165) is 25.7 Å². The van der Waals surface area contributed by atoms with Gasteiger partial charge in [-0.25, -0.2) is 0 Å². The van der Waals surface area contributed by atoms with E-state index in [2.05, 4.69) is 6.92 Å². The van der Waals surface area contributed by atoms with E-state index < -0.39 is 0 Å². The van der Waals surface area contributed by atoms with Crippen LogP contribution in [0.4, 0.5) is 0 Å². The number of hydrogen-bond donors (Lipinski definition) is 1. The van der Waals surface area contributed by atoms with Crippen molar-refractivity contribution in [3.63, 3.8) is 0 Å². The Labute approximate surface area is 119 Å². The van der Waals surface area contributed by atoms with Crippen LogP contribution in [0.2, 0.25) is 5.02 Å². The minimum Gasteiger partial charge on any atom is -0.395 e. The standard InChI is InChI=1S/C14H21ClN2O2/c1-2-3-6-16(7-8-18)14(19)13-9-11(15)10-17(13)12-4-5-12/h9-10,12,18H,2-8H2,1H3. The molecule has 0 bridgehead atoms. The molecular weight excluding hydrogens is 264 g/mol. The van der Waals surface area contributed by atoms with Gasteiger partial charge in [-0.3, -0.25) is 4.79 Å². The number of carbonyl (C=O) groups is 1. The lowest BCUT2D eigenvalue weighted by Gasteiger charge is -2.22. The van der Waals surface area contributed by atoms with Gasteiger partial charge in [0.15, 0.2) is 0 Å². The predicted octanol–water partition coefficient (Wildman–Crippen LogP) is 2.71. The number of nitrogens with zero attached hydrogens (tertiary/aromatic N) is 2. The average Bonchev–Trinajstić information content (AvgIpc) is 3.17. The number of rotatable bonds is 7. The van der Waals surface area contributed by atoms with Crippen LogP contribution in [0.3, 0.4) is 0 Å². The first-order valence-electron chi connectivity index (χ1n) is 6.95. The summed E-state index contributed by atoms with van der Waals surface area (Å²) < 4.78 is 1.99. The summed E-state index contributed by atoms with van der Waals surface area (Å²) in [6.07, 6.45) is 6.03. The van der Waals surface area contributed by atoms with Gasteiger partial charge in [-0.05, 0) is 25.3 Å². The highest BCUT2D eigenvalue weighted by molar-refractivity contribution is 6.31. The largest absolute Gasteiger partial charge is 0.395 e. The van der Waals surface area contributed by atoms with Gasteiger partial charge in [0, 0.05) is 25.3 Å². The molecule has 0 saturated heterocycles. The summed E-state index contributed by atoms with van der Waals surface area (Å²) in [7, 11) is 0. The number of aliphatic hydroxyl groups is 1. The molecule has 0 aromatic carbocycles. The second-order valence-electron chi connectivity index (χ2n) is 5.05. The lowest BCUT2D eigenvalue weighted by molar-refractivity contribution is 0.0708. The number of aromatic nitrogens is 1. The van der Waals surface area contributed by atoms with Crippen LogP contribution in [-0.4, -0.2) is 40.2 Å². The second-order valence-corrected chi connectivity index (χ2v) is 5.49. The van der Waals surface area contributed by atoms with E-state index in [0.29, 0.717) is 29.8 Å². The zero-order valence-corrected chi connectivity index (χ0v) is 12.1. The minimum absolute atomic E-state index is 0.00662. The molecule has 5 heteroatoms. The Morgan fingerprint density at radius 2 is 2.26 bits per heavy atom. The molecule has 1 N–H and O–H groups in total. The Morgan fingerprint density at radius 3 is 2.84 bits per heavy atom. The molecule has 2 rings (SSSR count). The first-order valence-corrected chi connectivity index (χ1v) is 7.32. The normalized spacial score (nSPS) is 14.7. The van der Waals surface area contributed by atoms with Crippen molar-refractivity contribution in [1.82, 2.24) is 9.47 Å². The molecule has 1 aliphatic rings. The van der Waals surface area contributed by atoms with Crippen LogP contribution in [0.1, 0.15) is 49.1 Å². The highest BCUT2D eigenvalue weighted by Crippen LogP contribution is 2.37. The third kappa shape index (κ3) is 3.51. The first-order chi connectivity index (χ1) is 9.17. The number of unbranched alkanes of at least 4 members (excludes halogenated alkanes) is 1. The molecule has 1 aliphatic carbocycles. The fourth-order valence-corrected chi connectivity index (χ4v) is 2.43. The van der Waals surface area contributed by atoms with Crippen molar-refractivity contribution in [2.24, 2.45) is 0 Å². The highest BCUT2D eigenvalue weighted by atomic mass is 35.5. The van der Waals surface area contributed by atoms with Crippen molar-refractivity contribution in [2.45, 2.75) is 38.6 Å². The van der Waals surface area contributed by atoms with E-state index in [1.807, 2.05) is 10.8 Å². The van der Waals surface area contributed by atoms with Crippen molar-refractivity contribution in [3.8, 4) is 0 Å². The molecule has 1 aromatic rings. The number of aliphatic hydroxyl groups excluding tert-OH is 1. The quantitative estimate of drug-likeness (QED) is 0.837. The summed E-state index contributed by atoms with van der Waals surface area (Å²) in [4.78, 5) is 14.3. The lowest BCUT2D eigenvalue weighted by Crippen LogP contribution is -2.35. The maximum absolute atomic E-state index is 12.5. The van der Waals surface area contributed by atoms with Gasteiger partial charge in [-0.15, -0.1) is 0 Å². The Hall–Kier alpha value is -1.00. The van der Waals surface area contributed by atoms with Crippen molar-refractivity contribution < 1.29 is 9.90 Å². The van der Waals surface area contributed by atoms with Crippen molar-refractivity contribution in [2.75, 3.05) is 19.7 Å². The van der Waals surface area contributed by atoms with Crippen LogP contribution in [0.5, 0.6) is 0 Å². The summed E-state index contributed by atoms with van der Waals surface area (Å²) in [6.45, 7) is 3.15. The maximum Gasteiger partial charge on any atom is 0.270 e. The molecule has 0 unspecified atom stereocenters. The lowest BCUT2D eigenvalue weighted by atomic mass is 10.3. The third-order valence-electron chi connectivity index (χ3n) is 3.41. The average molecular weight is 285 g/mol. The summed E-state index contributed by atoms with van der Waals surface area (Å²) in [5.41, 5.74) is 0.650. The zero-order valence-electron chi connectivity index (χ0n) is 11.3. The van der Waals surface area contributed by atoms with Gasteiger partial charge in [0.1, 0.15) is 5.69 Å². The summed E-state index contributed by atoms with van der Waals surface area (Å²) >= 11 is 6.03. The van der Waals surface area contributed by atoms with Crippen LogP contribution in [0, 0.1) is 0 Å².